The number of halogens is 1. The molecule has 1 aromatic rings. The minimum Gasteiger partial charge on any atom is -0.409 e. The highest BCUT2D eigenvalue weighted by molar-refractivity contribution is 9.10. The summed E-state index contributed by atoms with van der Waals surface area (Å²) in [5.41, 5.74) is 7.21. The van der Waals surface area contributed by atoms with Crippen molar-refractivity contribution in [2.24, 2.45) is 10.9 Å². The Morgan fingerprint density at radius 1 is 1.59 bits per heavy atom. The zero-order valence-corrected chi connectivity index (χ0v) is 11.4. The number of anilines is 1. The van der Waals surface area contributed by atoms with Crippen molar-refractivity contribution >= 4 is 27.5 Å². The Morgan fingerprint density at radius 2 is 2.29 bits per heavy atom. The molecule has 3 N–H and O–H groups in total. The van der Waals surface area contributed by atoms with Gasteiger partial charge in [-0.15, -0.1) is 0 Å². The van der Waals surface area contributed by atoms with Crippen molar-refractivity contribution in [2.75, 3.05) is 32.2 Å². The summed E-state index contributed by atoms with van der Waals surface area (Å²) in [6.07, 6.45) is 0. The normalized spacial score (nSPS) is 11.6. The van der Waals surface area contributed by atoms with Gasteiger partial charge in [0.2, 0.25) is 0 Å². The van der Waals surface area contributed by atoms with Crippen LogP contribution in [0.4, 0.5) is 5.69 Å². The molecule has 0 aliphatic carbocycles. The van der Waals surface area contributed by atoms with Gasteiger partial charge in [0, 0.05) is 36.4 Å². The lowest BCUT2D eigenvalue weighted by Crippen LogP contribution is -2.26. The third-order valence-electron chi connectivity index (χ3n) is 2.39. The summed E-state index contributed by atoms with van der Waals surface area (Å²) in [4.78, 5) is 1.99. The van der Waals surface area contributed by atoms with Crippen LogP contribution in [0.5, 0.6) is 0 Å². The predicted molar refractivity (Wildman–Crippen MR) is 71.8 cm³/mol. The second-order valence-corrected chi connectivity index (χ2v) is 4.48. The molecule has 5 nitrogen and oxygen atoms in total. The van der Waals surface area contributed by atoms with Gasteiger partial charge in [-0.2, -0.15) is 0 Å². The fourth-order valence-electron chi connectivity index (χ4n) is 1.44. The smallest absolute Gasteiger partial charge is 0.172 e. The van der Waals surface area contributed by atoms with Crippen molar-refractivity contribution in [3.63, 3.8) is 0 Å². The Bertz CT molecular complexity index is 410. The van der Waals surface area contributed by atoms with Gasteiger partial charge < -0.3 is 20.6 Å². The lowest BCUT2D eigenvalue weighted by Gasteiger charge is -2.22. The van der Waals surface area contributed by atoms with Crippen molar-refractivity contribution in [1.29, 1.82) is 0 Å². The van der Waals surface area contributed by atoms with Crippen LogP contribution in [0.25, 0.3) is 0 Å². The lowest BCUT2D eigenvalue weighted by atomic mass is 10.1. The quantitative estimate of drug-likeness (QED) is 0.375. The van der Waals surface area contributed by atoms with E-state index in [0.29, 0.717) is 12.2 Å². The second-order valence-electron chi connectivity index (χ2n) is 3.56. The number of amidine groups is 1. The van der Waals surface area contributed by atoms with Crippen molar-refractivity contribution < 1.29 is 9.94 Å². The molecule has 94 valence electrons. The number of nitrogens with zero attached hydrogens (tertiary/aromatic N) is 2. The summed E-state index contributed by atoms with van der Waals surface area (Å²) in [6, 6.07) is 5.57. The van der Waals surface area contributed by atoms with Gasteiger partial charge in [-0.3, -0.25) is 0 Å². The number of ether oxygens (including phenoxy) is 1. The van der Waals surface area contributed by atoms with Crippen molar-refractivity contribution in [2.45, 2.75) is 0 Å². The highest BCUT2D eigenvalue weighted by Gasteiger charge is 2.11. The van der Waals surface area contributed by atoms with Crippen molar-refractivity contribution in [3.05, 3.63) is 28.2 Å². The molecule has 0 saturated heterocycles. The molecule has 0 atom stereocenters. The SMILES string of the molecule is COCCN(C)c1cc(Br)ccc1/C(N)=N/O. The Balaban J connectivity index is 3.06. The molecule has 1 aromatic carbocycles. The average Bonchev–Trinajstić information content (AvgIpc) is 2.34. The Kier molecular flexibility index (Phi) is 5.24. The maximum atomic E-state index is 8.75. The van der Waals surface area contributed by atoms with Crippen LogP contribution >= 0.6 is 15.9 Å². The van der Waals surface area contributed by atoms with Gasteiger partial charge in [0.05, 0.1) is 6.61 Å². The first-order valence-corrected chi connectivity index (χ1v) is 5.87. The van der Waals surface area contributed by atoms with E-state index < -0.39 is 0 Å². The molecule has 0 bridgehead atoms. The van der Waals surface area contributed by atoms with Crippen molar-refractivity contribution in [3.8, 4) is 0 Å². The van der Waals surface area contributed by atoms with Crippen LogP contribution in [0.15, 0.2) is 27.8 Å². The molecule has 0 heterocycles. The summed E-state index contributed by atoms with van der Waals surface area (Å²) in [5, 5.41) is 11.8. The van der Waals surface area contributed by atoms with Gasteiger partial charge in [-0.25, -0.2) is 0 Å². The zero-order valence-electron chi connectivity index (χ0n) is 9.85. The number of hydrogen-bond acceptors (Lipinski definition) is 4. The van der Waals surface area contributed by atoms with E-state index in [-0.39, 0.29) is 5.84 Å². The van der Waals surface area contributed by atoms with Gasteiger partial charge in [0.15, 0.2) is 5.84 Å². The summed E-state index contributed by atoms with van der Waals surface area (Å²) >= 11 is 3.40. The van der Waals surface area contributed by atoms with Crippen LogP contribution in [0.3, 0.4) is 0 Å². The monoisotopic (exact) mass is 301 g/mol. The van der Waals surface area contributed by atoms with E-state index in [4.69, 9.17) is 15.7 Å². The van der Waals surface area contributed by atoms with E-state index in [1.807, 2.05) is 24.1 Å². The molecule has 0 fully saturated rings. The Labute approximate surface area is 109 Å². The maximum Gasteiger partial charge on any atom is 0.172 e. The predicted octanol–water partition coefficient (Wildman–Crippen LogP) is 1.63. The lowest BCUT2D eigenvalue weighted by molar-refractivity contribution is 0.206. The number of methoxy groups -OCH3 is 1. The van der Waals surface area contributed by atoms with Crippen LogP contribution < -0.4 is 10.6 Å². The fraction of sp³-hybridized carbons (Fsp3) is 0.364. The molecule has 1 rings (SSSR count). The van der Waals surface area contributed by atoms with Gasteiger partial charge in [-0.1, -0.05) is 21.1 Å². The molecule has 0 amide bonds. The number of likely N-dealkylation sites (N-methyl/N-ethyl adjacent to an activating group) is 1. The van der Waals surface area contributed by atoms with Gasteiger partial charge >= 0.3 is 0 Å². The van der Waals surface area contributed by atoms with E-state index in [2.05, 4.69) is 21.1 Å². The Morgan fingerprint density at radius 3 is 2.88 bits per heavy atom. The van der Waals surface area contributed by atoms with Crippen LogP contribution in [-0.4, -0.2) is 38.4 Å². The minimum absolute atomic E-state index is 0.0942. The molecule has 0 aliphatic rings. The van der Waals surface area contributed by atoms with E-state index >= 15 is 0 Å². The Hall–Kier alpha value is -1.27. The van der Waals surface area contributed by atoms with Crippen LogP contribution in [-0.2, 0) is 4.74 Å². The molecule has 6 heteroatoms. The van der Waals surface area contributed by atoms with E-state index in [0.717, 1.165) is 16.7 Å². The molecule has 0 saturated carbocycles. The zero-order chi connectivity index (χ0) is 12.8. The first-order chi connectivity index (χ1) is 8.10. The molecule has 0 spiro atoms. The molecule has 0 radical (unpaired) electrons. The molecular formula is C11H16BrN3O2. The molecule has 0 unspecified atom stereocenters. The highest BCUT2D eigenvalue weighted by Crippen LogP contribution is 2.24. The number of oxime groups is 1. The molecular weight excluding hydrogens is 286 g/mol. The van der Waals surface area contributed by atoms with E-state index in [1.54, 1.807) is 13.2 Å². The average molecular weight is 302 g/mol. The standard InChI is InChI=1S/C11H16BrN3O2/c1-15(5-6-17-2)10-7-8(12)3-4-9(10)11(13)14-16/h3-4,7,16H,5-6H2,1-2H3,(H2,13,14). The van der Waals surface area contributed by atoms with Crippen molar-refractivity contribution in [1.82, 2.24) is 0 Å². The summed E-state index contributed by atoms with van der Waals surface area (Å²) in [5.74, 6) is 0.0942. The van der Waals surface area contributed by atoms with Gasteiger partial charge in [0.1, 0.15) is 0 Å². The first-order valence-electron chi connectivity index (χ1n) is 5.07. The third-order valence-corrected chi connectivity index (χ3v) is 2.88. The van der Waals surface area contributed by atoms with Crippen LogP contribution in [0.2, 0.25) is 0 Å². The number of hydrogen-bond donors (Lipinski definition) is 2. The summed E-state index contributed by atoms with van der Waals surface area (Å²) in [6.45, 7) is 1.33. The van der Waals surface area contributed by atoms with E-state index in [1.165, 1.54) is 0 Å². The second kappa shape index (κ2) is 6.46. The number of rotatable bonds is 5. The van der Waals surface area contributed by atoms with Gasteiger partial charge in [-0.05, 0) is 18.2 Å². The fourth-order valence-corrected chi connectivity index (χ4v) is 1.79. The summed E-state index contributed by atoms with van der Waals surface area (Å²) < 4.78 is 5.96. The molecule has 17 heavy (non-hydrogen) atoms. The maximum absolute atomic E-state index is 8.75. The molecule has 0 aliphatic heterocycles. The minimum atomic E-state index is 0.0942. The van der Waals surface area contributed by atoms with Crippen LogP contribution in [0.1, 0.15) is 5.56 Å². The largest absolute Gasteiger partial charge is 0.409 e. The summed E-state index contributed by atoms with van der Waals surface area (Å²) in [7, 11) is 3.58. The molecule has 0 aromatic heterocycles. The number of benzene rings is 1. The topological polar surface area (TPSA) is 71.1 Å². The third kappa shape index (κ3) is 3.61. The first kappa shape index (κ1) is 13.8. The number of nitrogens with two attached hydrogens (primary N) is 1. The van der Waals surface area contributed by atoms with Gasteiger partial charge in [0.25, 0.3) is 0 Å². The van der Waals surface area contributed by atoms with E-state index in [9.17, 15) is 0 Å². The van der Waals surface area contributed by atoms with Crippen LogP contribution in [0, 0.1) is 0 Å². The highest BCUT2D eigenvalue weighted by atomic mass is 79.9.